The second-order valence-corrected chi connectivity index (χ2v) is 22.0. The van der Waals surface area contributed by atoms with E-state index in [4.69, 9.17) is 11.5 Å². The number of sulfonamides is 1. The normalized spacial score (nSPS) is 16.7. The van der Waals surface area contributed by atoms with Crippen LogP contribution < -0.4 is 27.8 Å². The van der Waals surface area contributed by atoms with Crippen molar-refractivity contribution >= 4 is 36.9 Å². The number of nitrogens with one attached hydrogen (secondary N) is 3. The first-order chi connectivity index (χ1) is 28.2. The highest BCUT2D eigenvalue weighted by Crippen LogP contribution is 2.28. The molecule has 2 fully saturated rings. The van der Waals surface area contributed by atoms with E-state index in [1.54, 1.807) is 21.0 Å². The van der Waals surface area contributed by atoms with Crippen LogP contribution in [0.25, 0.3) is 16.7 Å². The van der Waals surface area contributed by atoms with Crippen LogP contribution in [0.2, 0.25) is 0 Å². The van der Waals surface area contributed by atoms with Crippen LogP contribution in [-0.2, 0) is 37.2 Å². The van der Waals surface area contributed by atoms with E-state index in [-0.39, 0.29) is 40.0 Å². The monoisotopic (exact) mass is 866 g/mol. The lowest BCUT2D eigenvalue weighted by atomic mass is 9.87. The van der Waals surface area contributed by atoms with Crippen molar-refractivity contribution in [2.24, 2.45) is 16.5 Å². The Morgan fingerprint density at radius 3 is 2.20 bits per heavy atom. The third-order valence-electron chi connectivity index (χ3n) is 11.0. The van der Waals surface area contributed by atoms with Gasteiger partial charge in [-0.1, -0.05) is 65.8 Å². The molecular formula is C43H66N10O5S2. The van der Waals surface area contributed by atoms with Crippen LogP contribution in [0.15, 0.2) is 75.5 Å². The largest absolute Gasteiger partial charge is 0.370 e. The van der Waals surface area contributed by atoms with E-state index >= 15 is 0 Å². The van der Waals surface area contributed by atoms with Crippen LogP contribution >= 0.6 is 0 Å². The van der Waals surface area contributed by atoms with Crippen molar-refractivity contribution in [3.63, 3.8) is 0 Å². The molecule has 2 aliphatic heterocycles. The maximum Gasteiger partial charge on any atom is 0.354 e. The Morgan fingerprint density at radius 1 is 0.950 bits per heavy atom. The Morgan fingerprint density at radius 2 is 1.60 bits per heavy atom. The molecule has 0 aliphatic carbocycles. The van der Waals surface area contributed by atoms with Gasteiger partial charge < -0.3 is 32.0 Å². The highest BCUT2D eigenvalue weighted by molar-refractivity contribution is 7.91. The van der Waals surface area contributed by atoms with Gasteiger partial charge in [0, 0.05) is 61.5 Å². The fourth-order valence-electron chi connectivity index (χ4n) is 7.28. The zero-order valence-corrected chi connectivity index (χ0v) is 37.8. The standard InChI is InChI=1S/C22H37N3O4S2.C21H29N7O/c1-22(2,3)19-5-7-21(8-6-19)31(28,29)25(20-9-11-23-12-10-20)14-4-13-24-15-17-30(26,27)18-16-24;1-21(2,3)17-11-15-13-28(20(29)27-18(15)26-17)16-7-5-14(6-8-16)12-24-9-4-10-25-19(22)23/h5-8,20,23H,4,9-18H2,1-3H3;5-8,11,13,24H,4,9-10,12H2,1-3H3,(H4,22,23,25)(H,26,27,29). The summed E-state index contributed by atoms with van der Waals surface area (Å²) < 4.78 is 53.7. The minimum absolute atomic E-state index is 0.00437. The Bertz CT molecular complexity index is 2300. The molecular weight excluding hydrogens is 801 g/mol. The number of aliphatic imine (C=N–C) groups is 1. The minimum atomic E-state index is -3.59. The molecule has 2 aromatic heterocycles. The second kappa shape index (κ2) is 20.2. The molecule has 0 atom stereocenters. The van der Waals surface area contributed by atoms with Gasteiger partial charge in [-0.25, -0.2) is 21.6 Å². The lowest BCUT2D eigenvalue weighted by Crippen LogP contribution is -2.47. The lowest BCUT2D eigenvalue weighted by Gasteiger charge is -2.34. The number of fused-ring (bicyclic) bond motifs is 1. The van der Waals surface area contributed by atoms with E-state index in [9.17, 15) is 21.6 Å². The first-order valence-corrected chi connectivity index (χ1v) is 24.2. The summed E-state index contributed by atoms with van der Waals surface area (Å²) in [5, 5.41) is 7.58. The smallest absolute Gasteiger partial charge is 0.354 e. The molecule has 0 amide bonds. The van der Waals surface area contributed by atoms with E-state index in [0.29, 0.717) is 43.1 Å². The topological polar surface area (TPSA) is 214 Å². The molecule has 2 saturated heterocycles. The maximum atomic E-state index is 13.6. The average molecular weight is 867 g/mol. The van der Waals surface area contributed by atoms with Crippen molar-refractivity contribution in [1.82, 2.24) is 34.4 Å². The molecule has 0 radical (unpaired) electrons. The number of hydrogen-bond acceptors (Lipinski definition) is 10. The Balaban J connectivity index is 0.000000228. The van der Waals surface area contributed by atoms with E-state index < -0.39 is 19.9 Å². The van der Waals surface area contributed by atoms with E-state index in [1.807, 2.05) is 42.6 Å². The number of guanidine groups is 1. The molecule has 4 heterocycles. The van der Waals surface area contributed by atoms with Gasteiger partial charge in [0.15, 0.2) is 15.8 Å². The molecule has 0 spiro atoms. The number of rotatable bonds is 14. The number of hydrogen-bond donors (Lipinski definition) is 5. The van der Waals surface area contributed by atoms with Gasteiger partial charge in [0.05, 0.1) is 22.1 Å². The third-order valence-corrected chi connectivity index (χ3v) is 14.6. The number of benzene rings is 2. The van der Waals surface area contributed by atoms with E-state index in [1.165, 1.54) is 0 Å². The third kappa shape index (κ3) is 13.2. The van der Waals surface area contributed by atoms with Crippen molar-refractivity contribution in [3.05, 3.63) is 88.1 Å². The molecule has 6 rings (SSSR count). The molecule has 0 saturated carbocycles. The van der Waals surface area contributed by atoms with Crippen LogP contribution in [0.5, 0.6) is 0 Å². The summed E-state index contributed by atoms with van der Waals surface area (Å²) in [5.74, 6) is 0.519. The zero-order valence-electron chi connectivity index (χ0n) is 36.2. The molecule has 2 aliphatic rings. The fraction of sp³-hybridized carbons (Fsp3) is 0.558. The highest BCUT2D eigenvalue weighted by Gasteiger charge is 2.33. The fourth-order valence-corrected chi connectivity index (χ4v) is 10.3. The first-order valence-electron chi connectivity index (χ1n) is 21.0. The van der Waals surface area contributed by atoms with Crippen molar-refractivity contribution in [3.8, 4) is 5.69 Å². The number of aromatic nitrogens is 3. The molecule has 330 valence electrons. The maximum absolute atomic E-state index is 13.6. The van der Waals surface area contributed by atoms with Gasteiger partial charge in [0.1, 0.15) is 5.65 Å². The summed E-state index contributed by atoms with van der Waals surface area (Å²) in [6.07, 6.45) is 5.02. The number of piperidine rings is 1. The Hall–Kier alpha value is -4.13. The Kier molecular flexibility index (Phi) is 15.8. The van der Waals surface area contributed by atoms with Crippen LogP contribution in [0, 0.1) is 0 Å². The predicted octanol–water partition coefficient (Wildman–Crippen LogP) is 3.61. The van der Waals surface area contributed by atoms with Gasteiger partial charge in [0.25, 0.3) is 0 Å². The van der Waals surface area contributed by atoms with Gasteiger partial charge >= 0.3 is 5.69 Å². The Labute approximate surface area is 356 Å². The van der Waals surface area contributed by atoms with E-state index in [2.05, 4.69) is 78.1 Å². The summed E-state index contributed by atoms with van der Waals surface area (Å²) in [4.78, 5) is 26.4. The van der Waals surface area contributed by atoms with Gasteiger partial charge in [-0.2, -0.15) is 9.29 Å². The predicted molar refractivity (Wildman–Crippen MR) is 242 cm³/mol. The van der Waals surface area contributed by atoms with Crippen molar-refractivity contribution in [2.75, 3.05) is 63.9 Å². The average Bonchev–Trinajstić information content (AvgIpc) is 3.62. The van der Waals surface area contributed by atoms with Gasteiger partial charge in [-0.05, 0) is 98.7 Å². The van der Waals surface area contributed by atoms with Crippen LogP contribution in [-0.4, -0.2) is 116 Å². The zero-order chi connectivity index (χ0) is 43.7. The highest BCUT2D eigenvalue weighted by atomic mass is 32.2. The van der Waals surface area contributed by atoms with Crippen LogP contribution in [0.3, 0.4) is 0 Å². The van der Waals surface area contributed by atoms with Crippen molar-refractivity contribution in [2.45, 2.75) is 95.5 Å². The summed E-state index contributed by atoms with van der Waals surface area (Å²) in [6, 6.07) is 17.2. The SMILES string of the molecule is CC(C)(C)c1cc2cn(-c3ccc(CNCCCN=C(N)N)cc3)c(=O)nc2[nH]1.CC(C)(C)c1ccc(S(=O)(=O)N(CCCN2CCS(=O)(=O)CC2)C2CCNCC2)cc1. The molecule has 2 aromatic carbocycles. The lowest BCUT2D eigenvalue weighted by molar-refractivity contribution is 0.235. The van der Waals surface area contributed by atoms with Gasteiger partial charge in [-0.15, -0.1) is 0 Å². The first kappa shape index (κ1) is 46.9. The molecule has 7 N–H and O–H groups in total. The summed E-state index contributed by atoms with van der Waals surface area (Å²) in [6.45, 7) is 18.8. The molecule has 0 unspecified atom stereocenters. The van der Waals surface area contributed by atoms with Crippen LogP contribution in [0.4, 0.5) is 0 Å². The number of H-pyrrole nitrogens is 1. The van der Waals surface area contributed by atoms with Crippen molar-refractivity contribution < 1.29 is 16.8 Å². The number of sulfone groups is 1. The van der Waals surface area contributed by atoms with Crippen LogP contribution in [0.1, 0.15) is 84.0 Å². The molecule has 17 heteroatoms. The van der Waals surface area contributed by atoms with Gasteiger partial charge in [-0.3, -0.25) is 9.56 Å². The summed E-state index contributed by atoms with van der Waals surface area (Å²) in [5.41, 5.74) is 14.9. The second-order valence-electron chi connectivity index (χ2n) is 17.9. The van der Waals surface area contributed by atoms with Crippen molar-refractivity contribution in [1.29, 1.82) is 0 Å². The van der Waals surface area contributed by atoms with E-state index in [0.717, 1.165) is 79.9 Å². The number of nitrogens with two attached hydrogens (primary N) is 2. The van der Waals surface area contributed by atoms with Gasteiger partial charge in [0.2, 0.25) is 10.0 Å². The minimum Gasteiger partial charge on any atom is -0.370 e. The molecule has 60 heavy (non-hydrogen) atoms. The summed E-state index contributed by atoms with van der Waals surface area (Å²) in [7, 11) is -6.50. The number of aromatic amines is 1. The summed E-state index contributed by atoms with van der Waals surface area (Å²) >= 11 is 0. The number of nitrogens with zero attached hydrogens (tertiary/aromatic N) is 5. The molecule has 4 aromatic rings. The molecule has 15 nitrogen and oxygen atoms in total. The molecule has 0 bridgehead atoms. The quantitative estimate of drug-likeness (QED) is 0.0702.